The minimum Gasteiger partial charge on any atom is -0.357 e. The number of hydrogen-bond donors (Lipinski definition) is 1. The summed E-state index contributed by atoms with van der Waals surface area (Å²) in [6, 6.07) is 28.3. The van der Waals surface area contributed by atoms with E-state index in [1.807, 2.05) is 54.6 Å². The number of halogens is 2. The van der Waals surface area contributed by atoms with Crippen LogP contribution in [0.3, 0.4) is 0 Å². The molecule has 4 aromatic carbocycles. The third-order valence-electron chi connectivity index (χ3n) is 6.48. The first-order valence-electron chi connectivity index (χ1n) is 12.8. The maximum Gasteiger partial charge on any atom is 0.264 e. The van der Waals surface area contributed by atoms with Gasteiger partial charge in [-0.2, -0.15) is 0 Å². The summed E-state index contributed by atoms with van der Waals surface area (Å²) in [6.45, 7) is -0.565. The Morgan fingerprint density at radius 1 is 0.854 bits per heavy atom. The van der Waals surface area contributed by atoms with E-state index >= 15 is 0 Å². The van der Waals surface area contributed by atoms with Gasteiger partial charge in [0.2, 0.25) is 11.8 Å². The molecule has 7 nitrogen and oxygen atoms in total. The largest absolute Gasteiger partial charge is 0.357 e. The highest BCUT2D eigenvalue weighted by Crippen LogP contribution is 2.25. The lowest BCUT2D eigenvalue weighted by molar-refractivity contribution is -0.139. The number of likely N-dealkylation sites (N-methyl/N-ethyl adjacent to an activating group) is 1. The standard InChI is InChI=1S/C31H29BrFN3O4S/c1-34-31(38)29(20-23-9-4-2-5-10-23)35(21-24-11-8-12-25(32)19-24)30(37)22-36(27-17-15-26(33)16-18-27)41(39,40)28-13-6-3-7-14-28/h2-19,29H,20-22H2,1H3,(H,34,38)/t29-/m0/s1. The van der Waals surface area contributed by atoms with Crippen LogP contribution in [0.1, 0.15) is 11.1 Å². The molecule has 41 heavy (non-hydrogen) atoms. The van der Waals surface area contributed by atoms with E-state index < -0.39 is 40.2 Å². The van der Waals surface area contributed by atoms with Crippen LogP contribution >= 0.6 is 15.9 Å². The molecule has 1 atom stereocenters. The highest BCUT2D eigenvalue weighted by molar-refractivity contribution is 9.10. The molecule has 10 heteroatoms. The molecule has 0 aliphatic heterocycles. The summed E-state index contributed by atoms with van der Waals surface area (Å²) in [7, 11) is -2.74. The summed E-state index contributed by atoms with van der Waals surface area (Å²) < 4.78 is 43.1. The highest BCUT2D eigenvalue weighted by atomic mass is 79.9. The van der Waals surface area contributed by atoms with Gasteiger partial charge in [-0.15, -0.1) is 0 Å². The number of sulfonamides is 1. The van der Waals surface area contributed by atoms with Gasteiger partial charge in [0.25, 0.3) is 10.0 Å². The predicted molar refractivity (Wildman–Crippen MR) is 160 cm³/mol. The fraction of sp³-hybridized carbons (Fsp3) is 0.161. The minimum absolute atomic E-state index is 0.0252. The van der Waals surface area contributed by atoms with E-state index in [1.54, 1.807) is 18.2 Å². The van der Waals surface area contributed by atoms with Crippen molar-refractivity contribution >= 4 is 43.5 Å². The maximum absolute atomic E-state index is 14.2. The molecular formula is C31H29BrFN3O4S. The monoisotopic (exact) mass is 637 g/mol. The Hall–Kier alpha value is -4.02. The third kappa shape index (κ3) is 7.59. The SMILES string of the molecule is CNC(=O)[C@H](Cc1ccccc1)N(Cc1cccc(Br)c1)C(=O)CN(c1ccc(F)cc1)S(=O)(=O)c1ccccc1. The van der Waals surface area contributed by atoms with Gasteiger partial charge in [0.1, 0.15) is 18.4 Å². The molecule has 0 spiro atoms. The van der Waals surface area contributed by atoms with Crippen molar-refractivity contribution in [2.24, 2.45) is 0 Å². The number of rotatable bonds is 11. The smallest absolute Gasteiger partial charge is 0.264 e. The molecule has 0 heterocycles. The lowest BCUT2D eigenvalue weighted by Crippen LogP contribution is -2.53. The molecule has 212 valence electrons. The van der Waals surface area contributed by atoms with Crippen LogP contribution in [-0.4, -0.2) is 44.8 Å². The van der Waals surface area contributed by atoms with Crippen LogP contribution in [0.15, 0.2) is 119 Å². The average Bonchev–Trinajstić information content (AvgIpc) is 2.98. The van der Waals surface area contributed by atoms with Crippen molar-refractivity contribution in [1.29, 1.82) is 0 Å². The Bertz CT molecular complexity index is 1590. The second-order valence-corrected chi connectivity index (χ2v) is 12.1. The van der Waals surface area contributed by atoms with Crippen molar-refractivity contribution in [2.45, 2.75) is 23.9 Å². The molecule has 0 aromatic heterocycles. The number of amides is 2. The molecular weight excluding hydrogens is 609 g/mol. The van der Waals surface area contributed by atoms with E-state index in [4.69, 9.17) is 0 Å². The number of nitrogens with zero attached hydrogens (tertiary/aromatic N) is 2. The van der Waals surface area contributed by atoms with Gasteiger partial charge in [-0.25, -0.2) is 12.8 Å². The molecule has 1 N–H and O–H groups in total. The van der Waals surface area contributed by atoms with E-state index in [0.717, 1.165) is 32.0 Å². The summed E-state index contributed by atoms with van der Waals surface area (Å²) in [4.78, 5) is 28.8. The van der Waals surface area contributed by atoms with Crippen molar-refractivity contribution in [3.63, 3.8) is 0 Å². The van der Waals surface area contributed by atoms with Crippen LogP contribution in [0.4, 0.5) is 10.1 Å². The van der Waals surface area contributed by atoms with E-state index in [1.165, 1.54) is 36.2 Å². The average molecular weight is 639 g/mol. The fourth-order valence-corrected chi connectivity index (χ4v) is 6.29. The highest BCUT2D eigenvalue weighted by Gasteiger charge is 2.34. The van der Waals surface area contributed by atoms with Crippen molar-refractivity contribution < 1.29 is 22.4 Å². The van der Waals surface area contributed by atoms with Gasteiger partial charge in [-0.1, -0.05) is 76.6 Å². The molecule has 0 unspecified atom stereocenters. The lowest BCUT2D eigenvalue weighted by atomic mass is 10.0. The van der Waals surface area contributed by atoms with Crippen LogP contribution in [0.5, 0.6) is 0 Å². The zero-order valence-corrected chi connectivity index (χ0v) is 24.7. The summed E-state index contributed by atoms with van der Waals surface area (Å²) in [5.41, 5.74) is 1.69. The molecule has 0 fully saturated rings. The first kappa shape index (κ1) is 30.0. The summed E-state index contributed by atoms with van der Waals surface area (Å²) in [5.74, 6) is -1.54. The van der Waals surface area contributed by atoms with Crippen LogP contribution < -0.4 is 9.62 Å². The van der Waals surface area contributed by atoms with E-state index in [0.29, 0.717) is 0 Å². The Balaban J connectivity index is 1.78. The molecule has 0 aliphatic rings. The molecule has 0 saturated heterocycles. The second-order valence-electron chi connectivity index (χ2n) is 9.27. The summed E-state index contributed by atoms with van der Waals surface area (Å²) in [6.07, 6.45) is 0.211. The molecule has 0 radical (unpaired) electrons. The van der Waals surface area contributed by atoms with Gasteiger partial charge in [-0.3, -0.25) is 13.9 Å². The van der Waals surface area contributed by atoms with Crippen molar-refractivity contribution in [2.75, 3.05) is 17.9 Å². The van der Waals surface area contributed by atoms with Crippen LogP contribution in [0.25, 0.3) is 0 Å². The first-order valence-corrected chi connectivity index (χ1v) is 15.0. The Kier molecular flexibility index (Phi) is 9.91. The van der Waals surface area contributed by atoms with Gasteiger partial charge in [-0.05, 0) is 59.7 Å². The summed E-state index contributed by atoms with van der Waals surface area (Å²) >= 11 is 3.45. The molecule has 4 rings (SSSR count). The molecule has 0 aliphatic carbocycles. The summed E-state index contributed by atoms with van der Waals surface area (Å²) in [5, 5.41) is 2.65. The van der Waals surface area contributed by atoms with E-state index in [-0.39, 0.29) is 23.5 Å². The second kappa shape index (κ2) is 13.6. The van der Waals surface area contributed by atoms with Crippen LogP contribution in [0.2, 0.25) is 0 Å². The van der Waals surface area contributed by atoms with E-state index in [2.05, 4.69) is 21.2 Å². The van der Waals surface area contributed by atoms with Crippen molar-refractivity contribution in [3.05, 3.63) is 131 Å². The van der Waals surface area contributed by atoms with Crippen molar-refractivity contribution in [1.82, 2.24) is 10.2 Å². The molecule has 0 saturated carbocycles. The number of carbonyl (C=O) groups excluding carboxylic acids is 2. The number of anilines is 1. The normalized spacial score (nSPS) is 11.9. The van der Waals surface area contributed by atoms with Gasteiger partial charge < -0.3 is 10.2 Å². The minimum atomic E-state index is -4.23. The number of carbonyl (C=O) groups is 2. The van der Waals surface area contributed by atoms with Gasteiger partial charge in [0, 0.05) is 24.5 Å². The molecule has 2 amide bonds. The fourth-order valence-electron chi connectivity index (χ4n) is 4.41. The Labute approximate surface area is 247 Å². The van der Waals surface area contributed by atoms with Gasteiger partial charge in [0.05, 0.1) is 10.6 Å². The first-order chi connectivity index (χ1) is 19.7. The number of hydrogen-bond acceptors (Lipinski definition) is 4. The number of nitrogens with one attached hydrogen (secondary N) is 1. The van der Waals surface area contributed by atoms with Gasteiger partial charge in [0.15, 0.2) is 0 Å². The molecule has 4 aromatic rings. The lowest BCUT2D eigenvalue weighted by Gasteiger charge is -2.33. The van der Waals surface area contributed by atoms with Crippen LogP contribution in [0, 0.1) is 5.82 Å². The Morgan fingerprint density at radius 2 is 1.46 bits per heavy atom. The Morgan fingerprint density at radius 3 is 2.07 bits per heavy atom. The molecule has 0 bridgehead atoms. The van der Waals surface area contributed by atoms with E-state index in [9.17, 15) is 22.4 Å². The zero-order chi connectivity index (χ0) is 29.4. The number of benzene rings is 4. The van der Waals surface area contributed by atoms with Crippen molar-refractivity contribution in [3.8, 4) is 0 Å². The maximum atomic E-state index is 14.2. The predicted octanol–water partition coefficient (Wildman–Crippen LogP) is 5.17. The third-order valence-corrected chi connectivity index (χ3v) is 8.77. The van der Waals surface area contributed by atoms with Crippen LogP contribution in [-0.2, 0) is 32.6 Å². The quantitative estimate of drug-likeness (QED) is 0.246. The van der Waals surface area contributed by atoms with Gasteiger partial charge >= 0.3 is 0 Å². The zero-order valence-electron chi connectivity index (χ0n) is 22.3. The topological polar surface area (TPSA) is 86.8 Å².